The van der Waals surface area contributed by atoms with Crippen LogP contribution in [0.15, 0.2) is 66.7 Å². The Labute approximate surface area is 225 Å². The first kappa shape index (κ1) is 27.3. The van der Waals surface area contributed by atoms with Gasteiger partial charge in [-0.15, -0.1) is 12.4 Å². The fourth-order valence-electron chi connectivity index (χ4n) is 3.87. The summed E-state index contributed by atoms with van der Waals surface area (Å²) in [5, 5.41) is 1.53. The van der Waals surface area contributed by atoms with Crippen LogP contribution in [-0.2, 0) is 31.0 Å². The summed E-state index contributed by atoms with van der Waals surface area (Å²) >= 11 is 0.995. The van der Waals surface area contributed by atoms with Gasteiger partial charge >= 0.3 is 6.18 Å². The number of nitrogens with one attached hydrogen (secondary N) is 1. The highest BCUT2D eigenvalue weighted by Gasteiger charge is 2.31. The van der Waals surface area contributed by atoms with Crippen LogP contribution in [0.4, 0.5) is 18.0 Å². The molecule has 1 unspecified atom stereocenters. The van der Waals surface area contributed by atoms with Gasteiger partial charge in [-0.05, 0) is 60.5 Å². The van der Waals surface area contributed by atoms with Crippen LogP contribution in [0, 0.1) is 0 Å². The molecule has 0 spiro atoms. The quantitative estimate of drug-likeness (QED) is 0.285. The van der Waals surface area contributed by atoms with Gasteiger partial charge in [0.1, 0.15) is 29.7 Å². The molecule has 38 heavy (non-hydrogen) atoms. The SMILES string of the molecule is Cl.Cn1c(COc2ccc(CC3SC(=O)NC3=O)cc2)nc2ccc(Oc3ccc(C(F)(F)F)cc3)cc21. The first-order chi connectivity index (χ1) is 17.7. The highest BCUT2D eigenvalue weighted by Crippen LogP contribution is 2.32. The van der Waals surface area contributed by atoms with E-state index in [2.05, 4.69) is 10.3 Å². The Morgan fingerprint density at radius 1 is 0.974 bits per heavy atom. The van der Waals surface area contributed by atoms with Crippen molar-refractivity contribution in [3.63, 3.8) is 0 Å². The molecule has 5 rings (SSSR count). The Morgan fingerprint density at radius 3 is 2.26 bits per heavy atom. The molecule has 1 atom stereocenters. The molecular weight excluding hydrogens is 543 g/mol. The topological polar surface area (TPSA) is 82.5 Å². The van der Waals surface area contributed by atoms with Gasteiger partial charge in [0.05, 0.1) is 21.8 Å². The Hall–Kier alpha value is -3.70. The van der Waals surface area contributed by atoms with Crippen LogP contribution in [0.5, 0.6) is 17.2 Å². The van der Waals surface area contributed by atoms with E-state index in [1.54, 1.807) is 30.3 Å². The minimum absolute atomic E-state index is 0. The number of hydrogen-bond donors (Lipinski definition) is 1. The zero-order valence-electron chi connectivity index (χ0n) is 19.8. The number of imidazole rings is 1. The molecule has 12 heteroatoms. The molecule has 1 fully saturated rings. The van der Waals surface area contributed by atoms with Crippen molar-refractivity contribution in [2.24, 2.45) is 7.05 Å². The Balaban J connectivity index is 0.00000336. The Morgan fingerprint density at radius 2 is 1.63 bits per heavy atom. The van der Waals surface area contributed by atoms with Gasteiger partial charge in [-0.3, -0.25) is 14.9 Å². The number of nitrogens with zero attached hydrogens (tertiary/aromatic N) is 2. The predicted octanol–water partition coefficient (Wildman–Crippen LogP) is 6.28. The number of benzene rings is 3. The van der Waals surface area contributed by atoms with Crippen LogP contribution in [0.2, 0.25) is 0 Å². The molecular formula is C26H21ClF3N3O4S. The lowest BCUT2D eigenvalue weighted by Crippen LogP contribution is -2.25. The van der Waals surface area contributed by atoms with E-state index in [4.69, 9.17) is 9.47 Å². The van der Waals surface area contributed by atoms with E-state index in [-0.39, 0.29) is 30.2 Å². The highest BCUT2D eigenvalue weighted by molar-refractivity contribution is 8.15. The Kier molecular flexibility index (Phi) is 7.89. The zero-order valence-corrected chi connectivity index (χ0v) is 21.5. The molecule has 0 bridgehead atoms. The number of halogens is 4. The van der Waals surface area contributed by atoms with E-state index in [1.165, 1.54) is 12.1 Å². The second kappa shape index (κ2) is 11.0. The molecule has 1 saturated heterocycles. The fraction of sp³-hybridized carbons (Fsp3) is 0.192. The second-order valence-electron chi connectivity index (χ2n) is 8.38. The number of hydrogen-bond acceptors (Lipinski definition) is 6. The Bertz CT molecular complexity index is 1470. The fourth-order valence-corrected chi connectivity index (χ4v) is 4.73. The van der Waals surface area contributed by atoms with Crippen LogP contribution in [0.3, 0.4) is 0 Å². The maximum atomic E-state index is 12.8. The van der Waals surface area contributed by atoms with Gasteiger partial charge in [0.2, 0.25) is 5.91 Å². The molecule has 1 aromatic heterocycles. The molecule has 2 amide bonds. The maximum absolute atomic E-state index is 12.8. The zero-order chi connectivity index (χ0) is 26.2. The van der Waals surface area contributed by atoms with E-state index < -0.39 is 17.0 Å². The lowest BCUT2D eigenvalue weighted by molar-refractivity contribution is -0.137. The van der Waals surface area contributed by atoms with Crippen LogP contribution in [0.1, 0.15) is 17.0 Å². The smallest absolute Gasteiger partial charge is 0.416 e. The van der Waals surface area contributed by atoms with Crippen molar-refractivity contribution >= 4 is 46.3 Å². The summed E-state index contributed by atoms with van der Waals surface area (Å²) in [7, 11) is 1.84. The normalized spacial score (nSPS) is 15.3. The molecule has 7 nitrogen and oxygen atoms in total. The van der Waals surface area contributed by atoms with Gasteiger partial charge in [-0.2, -0.15) is 13.2 Å². The number of amides is 2. The summed E-state index contributed by atoms with van der Waals surface area (Å²) in [5.74, 6) is 1.78. The molecule has 0 aliphatic carbocycles. The number of fused-ring (bicyclic) bond motifs is 1. The maximum Gasteiger partial charge on any atom is 0.416 e. The van der Waals surface area contributed by atoms with Crippen LogP contribution in [-0.4, -0.2) is 25.9 Å². The van der Waals surface area contributed by atoms with E-state index in [0.717, 1.165) is 40.5 Å². The average molecular weight is 564 g/mol. The standard InChI is InChI=1S/C26H20F3N3O4S.ClH/c1-32-21-13-19(36-18-8-4-16(5-9-18)26(27,28)29)10-11-20(21)30-23(32)14-35-17-6-2-15(3-7-17)12-22-24(33)31-25(34)37-22;/h2-11,13,22H,12,14H2,1H3,(H,31,33,34);1H. The minimum Gasteiger partial charge on any atom is -0.486 e. The molecule has 1 aliphatic rings. The number of carbonyl (C=O) groups is 2. The third-order valence-corrected chi connectivity index (χ3v) is 6.82. The lowest BCUT2D eigenvalue weighted by atomic mass is 10.1. The number of aromatic nitrogens is 2. The summed E-state index contributed by atoms with van der Waals surface area (Å²) in [6.45, 7) is 0.203. The summed E-state index contributed by atoms with van der Waals surface area (Å²) in [4.78, 5) is 27.7. The van der Waals surface area contributed by atoms with Crippen molar-refractivity contribution in [2.45, 2.75) is 24.5 Å². The number of imide groups is 1. The molecule has 198 valence electrons. The number of ether oxygens (including phenoxy) is 2. The van der Waals surface area contributed by atoms with Crippen LogP contribution in [0.25, 0.3) is 11.0 Å². The number of carbonyl (C=O) groups excluding carboxylic acids is 2. The van der Waals surface area contributed by atoms with Gasteiger partial charge in [0.25, 0.3) is 5.24 Å². The predicted molar refractivity (Wildman–Crippen MR) is 139 cm³/mol. The first-order valence-electron chi connectivity index (χ1n) is 11.2. The van der Waals surface area contributed by atoms with Crippen molar-refractivity contribution in [1.82, 2.24) is 14.9 Å². The minimum atomic E-state index is -4.40. The average Bonchev–Trinajstić information content (AvgIpc) is 3.35. The third kappa shape index (κ3) is 6.05. The van der Waals surface area contributed by atoms with Crippen LogP contribution < -0.4 is 14.8 Å². The lowest BCUT2D eigenvalue weighted by Gasteiger charge is -2.10. The molecule has 1 N–H and O–H groups in total. The van der Waals surface area contributed by atoms with E-state index >= 15 is 0 Å². The first-order valence-corrected chi connectivity index (χ1v) is 12.1. The van der Waals surface area contributed by atoms with Crippen molar-refractivity contribution < 1.29 is 32.2 Å². The van der Waals surface area contributed by atoms with Crippen molar-refractivity contribution in [2.75, 3.05) is 0 Å². The molecule has 3 aromatic carbocycles. The van der Waals surface area contributed by atoms with E-state index in [1.807, 2.05) is 23.7 Å². The summed E-state index contributed by atoms with van der Waals surface area (Å²) < 4.78 is 51.8. The summed E-state index contributed by atoms with van der Waals surface area (Å²) in [6, 6.07) is 17.1. The van der Waals surface area contributed by atoms with Gasteiger partial charge in [0, 0.05) is 13.1 Å². The third-order valence-electron chi connectivity index (χ3n) is 5.84. The molecule has 4 aromatic rings. The van der Waals surface area contributed by atoms with Gasteiger partial charge in [0.15, 0.2) is 0 Å². The van der Waals surface area contributed by atoms with Gasteiger partial charge < -0.3 is 14.0 Å². The largest absolute Gasteiger partial charge is 0.486 e. The molecule has 0 radical (unpaired) electrons. The number of aryl methyl sites for hydroxylation is 1. The highest BCUT2D eigenvalue weighted by atomic mass is 35.5. The number of rotatable bonds is 7. The van der Waals surface area contributed by atoms with Gasteiger partial charge in [-0.25, -0.2) is 4.98 Å². The number of alkyl halides is 3. The van der Waals surface area contributed by atoms with Gasteiger partial charge in [-0.1, -0.05) is 23.9 Å². The second-order valence-corrected chi connectivity index (χ2v) is 9.56. The molecule has 0 saturated carbocycles. The van der Waals surface area contributed by atoms with E-state index in [9.17, 15) is 22.8 Å². The molecule has 2 heterocycles. The number of thioether (sulfide) groups is 1. The van der Waals surface area contributed by atoms with Crippen molar-refractivity contribution in [3.05, 3.63) is 83.7 Å². The van der Waals surface area contributed by atoms with Crippen molar-refractivity contribution in [1.29, 1.82) is 0 Å². The summed E-state index contributed by atoms with van der Waals surface area (Å²) in [5.41, 5.74) is 1.68. The monoisotopic (exact) mass is 563 g/mol. The molecule has 1 aliphatic heterocycles. The van der Waals surface area contributed by atoms with E-state index in [0.29, 0.717) is 29.5 Å². The van der Waals surface area contributed by atoms with Crippen LogP contribution >= 0.6 is 24.2 Å². The summed E-state index contributed by atoms with van der Waals surface area (Å²) in [6.07, 6.45) is -3.95. The van der Waals surface area contributed by atoms with Crippen molar-refractivity contribution in [3.8, 4) is 17.2 Å².